The molecule has 5 nitrogen and oxygen atoms in total. The molecule has 2 aromatic carbocycles. The summed E-state index contributed by atoms with van der Waals surface area (Å²) < 4.78 is 5.55. The molecule has 0 aliphatic carbocycles. The number of rotatable bonds is 12. The molecule has 0 radical (unpaired) electrons. The van der Waals surface area contributed by atoms with Crippen molar-refractivity contribution in [2.75, 3.05) is 13.2 Å². The molecule has 0 saturated heterocycles. The first kappa shape index (κ1) is 24.9. The van der Waals surface area contributed by atoms with Crippen molar-refractivity contribution in [1.82, 2.24) is 10.2 Å². The summed E-state index contributed by atoms with van der Waals surface area (Å²) in [7, 11) is 0. The van der Waals surface area contributed by atoms with Crippen molar-refractivity contribution < 1.29 is 14.3 Å². The van der Waals surface area contributed by atoms with Crippen LogP contribution in [0, 0.1) is 0 Å². The lowest BCUT2D eigenvalue weighted by Crippen LogP contribution is -2.43. The van der Waals surface area contributed by atoms with Gasteiger partial charge < -0.3 is 15.0 Å². The monoisotopic (exact) mass is 444 g/mol. The predicted molar refractivity (Wildman–Crippen MR) is 125 cm³/mol. The third-order valence-electron chi connectivity index (χ3n) is 4.80. The van der Waals surface area contributed by atoms with Crippen LogP contribution in [0.2, 0.25) is 5.02 Å². The summed E-state index contributed by atoms with van der Waals surface area (Å²) in [6.45, 7) is 7.34. The van der Waals surface area contributed by atoms with Crippen molar-refractivity contribution in [1.29, 1.82) is 0 Å². The third kappa shape index (κ3) is 8.35. The molecule has 1 N–H and O–H groups in total. The molecular weight excluding hydrogens is 412 g/mol. The molecule has 0 heterocycles. The maximum Gasteiger partial charge on any atom is 0.247 e. The van der Waals surface area contributed by atoms with Gasteiger partial charge in [0.2, 0.25) is 11.8 Å². The van der Waals surface area contributed by atoms with Crippen LogP contribution in [0.4, 0.5) is 0 Å². The average Bonchev–Trinajstić information content (AvgIpc) is 2.75. The van der Waals surface area contributed by atoms with Crippen LogP contribution in [-0.4, -0.2) is 36.0 Å². The van der Waals surface area contributed by atoms with Gasteiger partial charge in [-0.15, -0.1) is 0 Å². The van der Waals surface area contributed by atoms with Gasteiger partial charge in [-0.2, -0.15) is 0 Å². The van der Waals surface area contributed by atoms with Gasteiger partial charge in [0.15, 0.2) is 0 Å². The molecule has 6 heteroatoms. The normalized spacial score (nSPS) is 11.9. The number of benzene rings is 2. The van der Waals surface area contributed by atoms with Gasteiger partial charge in [-0.1, -0.05) is 61.0 Å². The van der Waals surface area contributed by atoms with Gasteiger partial charge in [-0.05, 0) is 49.9 Å². The Morgan fingerprint density at radius 1 is 1.06 bits per heavy atom. The fourth-order valence-electron chi connectivity index (χ4n) is 3.28. The summed E-state index contributed by atoms with van der Waals surface area (Å²) in [6, 6.07) is 16.1. The summed E-state index contributed by atoms with van der Waals surface area (Å²) >= 11 is 6.02. The van der Waals surface area contributed by atoms with E-state index in [0.29, 0.717) is 44.0 Å². The van der Waals surface area contributed by atoms with Crippen molar-refractivity contribution in [3.8, 4) is 0 Å². The van der Waals surface area contributed by atoms with Gasteiger partial charge in [-0.25, -0.2) is 0 Å². The van der Waals surface area contributed by atoms with Crippen LogP contribution in [-0.2, 0) is 20.9 Å². The topological polar surface area (TPSA) is 58.6 Å². The van der Waals surface area contributed by atoms with Crippen LogP contribution in [0.5, 0.6) is 0 Å². The molecule has 0 aromatic heterocycles. The molecule has 2 aromatic rings. The highest BCUT2D eigenvalue weighted by Crippen LogP contribution is 2.25. The Morgan fingerprint density at radius 2 is 1.74 bits per heavy atom. The standard InChI is InChI=1S/C25H33ClN2O3/c1-4-9-23(29)28(18-20-12-14-22(26)15-13-20)24(21-10-6-5-7-11-21)25(30)27-16-8-17-31-19(2)3/h5-7,10-15,19,24H,4,8-9,16-18H2,1-3H3,(H,27,30). The van der Waals surface area contributed by atoms with Gasteiger partial charge >= 0.3 is 0 Å². The van der Waals surface area contributed by atoms with Gasteiger partial charge in [0.05, 0.1) is 6.10 Å². The Labute approximate surface area is 190 Å². The van der Waals surface area contributed by atoms with E-state index in [9.17, 15) is 9.59 Å². The van der Waals surface area contributed by atoms with Crippen molar-refractivity contribution >= 4 is 23.4 Å². The number of amides is 2. The highest BCUT2D eigenvalue weighted by atomic mass is 35.5. The van der Waals surface area contributed by atoms with Crippen molar-refractivity contribution in [3.63, 3.8) is 0 Å². The first-order valence-corrected chi connectivity index (χ1v) is 11.3. The predicted octanol–water partition coefficient (Wildman–Crippen LogP) is 5.14. The van der Waals surface area contributed by atoms with E-state index in [-0.39, 0.29) is 17.9 Å². The highest BCUT2D eigenvalue weighted by molar-refractivity contribution is 6.30. The van der Waals surface area contributed by atoms with E-state index in [1.54, 1.807) is 17.0 Å². The second-order valence-electron chi connectivity index (χ2n) is 7.78. The van der Waals surface area contributed by atoms with Crippen LogP contribution in [0.15, 0.2) is 54.6 Å². The molecule has 168 valence electrons. The first-order chi connectivity index (χ1) is 14.9. The van der Waals surface area contributed by atoms with Crippen LogP contribution in [0.3, 0.4) is 0 Å². The summed E-state index contributed by atoms with van der Waals surface area (Å²) in [5, 5.41) is 3.63. The molecule has 2 rings (SSSR count). The highest BCUT2D eigenvalue weighted by Gasteiger charge is 2.30. The summed E-state index contributed by atoms with van der Waals surface area (Å²) in [6.07, 6.45) is 1.97. The molecule has 1 unspecified atom stereocenters. The molecule has 2 amide bonds. The van der Waals surface area contributed by atoms with Gasteiger partial charge in [-0.3, -0.25) is 9.59 Å². The number of carbonyl (C=O) groups is 2. The zero-order valence-electron chi connectivity index (χ0n) is 18.6. The molecule has 0 aliphatic rings. The van der Waals surface area contributed by atoms with E-state index in [4.69, 9.17) is 16.3 Å². The number of halogens is 1. The second kappa shape index (κ2) is 13.1. The van der Waals surface area contributed by atoms with E-state index in [0.717, 1.165) is 11.1 Å². The molecule has 0 spiro atoms. The molecule has 0 fully saturated rings. The van der Waals surface area contributed by atoms with Crippen molar-refractivity contribution in [2.24, 2.45) is 0 Å². The molecule has 0 saturated carbocycles. The van der Waals surface area contributed by atoms with Gasteiger partial charge in [0.25, 0.3) is 0 Å². The number of nitrogens with one attached hydrogen (secondary N) is 1. The van der Waals surface area contributed by atoms with E-state index in [1.807, 2.05) is 63.2 Å². The quantitative estimate of drug-likeness (QED) is 0.461. The summed E-state index contributed by atoms with van der Waals surface area (Å²) in [5.41, 5.74) is 1.71. The van der Waals surface area contributed by atoms with E-state index in [1.165, 1.54) is 0 Å². The lowest BCUT2D eigenvalue weighted by Gasteiger charge is -2.31. The number of carbonyl (C=O) groups excluding carboxylic acids is 2. The minimum Gasteiger partial charge on any atom is -0.379 e. The van der Waals surface area contributed by atoms with Gasteiger partial charge in [0.1, 0.15) is 6.04 Å². The van der Waals surface area contributed by atoms with Crippen LogP contribution >= 0.6 is 11.6 Å². The van der Waals surface area contributed by atoms with Crippen LogP contribution < -0.4 is 5.32 Å². The zero-order valence-corrected chi connectivity index (χ0v) is 19.4. The van der Waals surface area contributed by atoms with E-state index in [2.05, 4.69) is 5.32 Å². The fourth-order valence-corrected chi connectivity index (χ4v) is 3.40. The summed E-state index contributed by atoms with van der Waals surface area (Å²) in [5.74, 6) is -0.237. The number of hydrogen-bond acceptors (Lipinski definition) is 3. The lowest BCUT2D eigenvalue weighted by atomic mass is 10.0. The molecule has 0 aliphatic heterocycles. The number of ether oxygens (including phenoxy) is 1. The van der Waals surface area contributed by atoms with E-state index < -0.39 is 6.04 Å². The molecule has 0 bridgehead atoms. The number of nitrogens with zero attached hydrogens (tertiary/aromatic N) is 1. The second-order valence-corrected chi connectivity index (χ2v) is 8.21. The van der Waals surface area contributed by atoms with Gasteiger partial charge in [0, 0.05) is 31.1 Å². The fraction of sp³-hybridized carbons (Fsp3) is 0.440. The Bertz CT molecular complexity index is 809. The largest absolute Gasteiger partial charge is 0.379 e. The van der Waals surface area contributed by atoms with Crippen molar-refractivity contribution in [2.45, 2.75) is 58.7 Å². The Hall–Kier alpha value is -2.37. The number of hydrogen-bond donors (Lipinski definition) is 1. The molecule has 1 atom stereocenters. The lowest BCUT2D eigenvalue weighted by molar-refractivity contribution is -0.141. The maximum absolute atomic E-state index is 13.3. The Balaban J connectivity index is 2.24. The van der Waals surface area contributed by atoms with Crippen molar-refractivity contribution in [3.05, 3.63) is 70.7 Å². The average molecular weight is 445 g/mol. The van der Waals surface area contributed by atoms with E-state index >= 15 is 0 Å². The molecule has 31 heavy (non-hydrogen) atoms. The van der Waals surface area contributed by atoms with Crippen LogP contribution in [0.25, 0.3) is 0 Å². The summed E-state index contributed by atoms with van der Waals surface area (Å²) in [4.78, 5) is 28.0. The van der Waals surface area contributed by atoms with Crippen LogP contribution in [0.1, 0.15) is 57.2 Å². The minimum absolute atomic E-state index is 0.0513. The minimum atomic E-state index is -0.707. The smallest absolute Gasteiger partial charge is 0.247 e. The Kier molecular flexibility index (Phi) is 10.5. The SMILES string of the molecule is CCCC(=O)N(Cc1ccc(Cl)cc1)C(C(=O)NCCCOC(C)C)c1ccccc1. The first-order valence-electron chi connectivity index (χ1n) is 10.9. The zero-order chi connectivity index (χ0) is 22.6. The third-order valence-corrected chi connectivity index (χ3v) is 5.05. The Morgan fingerprint density at radius 3 is 2.35 bits per heavy atom. The molecular formula is C25H33ClN2O3. The maximum atomic E-state index is 13.3.